The van der Waals surface area contributed by atoms with Crippen LogP contribution in [0, 0.1) is 0 Å². The summed E-state index contributed by atoms with van der Waals surface area (Å²) in [7, 11) is 0. The summed E-state index contributed by atoms with van der Waals surface area (Å²) in [5.74, 6) is 1.31. The van der Waals surface area contributed by atoms with Gasteiger partial charge in [0.15, 0.2) is 0 Å². The summed E-state index contributed by atoms with van der Waals surface area (Å²) < 4.78 is 1.82. The molecule has 1 aliphatic rings. The third-order valence-electron chi connectivity index (χ3n) is 4.50. The fourth-order valence-corrected chi connectivity index (χ4v) is 3.11. The maximum atomic E-state index is 4.73. The third kappa shape index (κ3) is 3.44. The Morgan fingerprint density at radius 2 is 2.00 bits per heavy atom. The molecule has 0 spiro atoms. The van der Waals surface area contributed by atoms with E-state index in [1.165, 1.54) is 11.3 Å². The Morgan fingerprint density at radius 1 is 1.16 bits per heavy atom. The lowest BCUT2D eigenvalue weighted by Gasteiger charge is -2.27. The fourth-order valence-electron chi connectivity index (χ4n) is 3.11. The molecule has 0 saturated carbocycles. The van der Waals surface area contributed by atoms with E-state index in [-0.39, 0.29) is 0 Å². The molecule has 1 aliphatic heterocycles. The number of nitrogens with zero attached hydrogens (tertiary/aromatic N) is 6. The lowest BCUT2D eigenvalue weighted by Crippen LogP contribution is -2.31. The molecule has 128 valence electrons. The van der Waals surface area contributed by atoms with Gasteiger partial charge in [-0.3, -0.25) is 4.90 Å². The van der Waals surface area contributed by atoms with Gasteiger partial charge in [-0.15, -0.1) is 5.10 Å². The number of fused-ring (bicyclic) bond motifs is 1. The van der Waals surface area contributed by atoms with Gasteiger partial charge in [0.05, 0.1) is 17.6 Å². The number of aromatic nitrogens is 5. The number of benzene rings is 1. The monoisotopic (exact) mass is 334 g/mol. The van der Waals surface area contributed by atoms with E-state index in [9.17, 15) is 0 Å². The first-order valence-electron chi connectivity index (χ1n) is 8.73. The first-order chi connectivity index (χ1) is 12.2. The second-order valence-corrected chi connectivity index (χ2v) is 6.81. The minimum atomic E-state index is 0.372. The second-order valence-electron chi connectivity index (χ2n) is 6.81. The highest BCUT2D eigenvalue weighted by atomic mass is 15.4. The Bertz CT molecular complexity index is 855. The molecule has 0 bridgehead atoms. The van der Waals surface area contributed by atoms with Gasteiger partial charge in [0.1, 0.15) is 5.82 Å². The van der Waals surface area contributed by atoms with Crippen molar-refractivity contribution in [1.82, 2.24) is 29.9 Å². The summed E-state index contributed by atoms with van der Waals surface area (Å²) >= 11 is 0. The van der Waals surface area contributed by atoms with Crippen LogP contribution in [0.15, 0.2) is 42.7 Å². The molecule has 3 aromatic rings. The van der Waals surface area contributed by atoms with E-state index in [0.717, 1.165) is 43.3 Å². The van der Waals surface area contributed by atoms with Crippen LogP contribution in [0.25, 0.3) is 5.69 Å². The minimum absolute atomic E-state index is 0.372. The van der Waals surface area contributed by atoms with Crippen molar-refractivity contribution in [2.24, 2.45) is 0 Å². The topological polar surface area (TPSA) is 59.7 Å². The zero-order chi connectivity index (χ0) is 17.2. The van der Waals surface area contributed by atoms with Crippen LogP contribution < -0.4 is 0 Å². The largest absolute Gasteiger partial charge is 0.293 e. The first-order valence-corrected chi connectivity index (χ1v) is 8.73. The fraction of sp³-hybridized carbons (Fsp3) is 0.368. The molecule has 0 fully saturated rings. The van der Waals surface area contributed by atoms with Gasteiger partial charge in [-0.1, -0.05) is 37.3 Å². The molecule has 6 heteroatoms. The zero-order valence-electron chi connectivity index (χ0n) is 14.6. The number of rotatable bonds is 4. The molecule has 0 amide bonds. The Hall–Kier alpha value is -2.60. The standard InChI is InChI=1S/C19H22N6/c1-14(2)19-20-10-15-11-24(9-8-18(15)21-19)12-16-13-25(23-22-16)17-6-4-3-5-7-17/h3-7,10,13-14H,8-9,11-12H2,1-2H3. The van der Waals surface area contributed by atoms with Crippen molar-refractivity contribution in [3.63, 3.8) is 0 Å². The van der Waals surface area contributed by atoms with E-state index < -0.39 is 0 Å². The van der Waals surface area contributed by atoms with E-state index in [2.05, 4.69) is 34.0 Å². The van der Waals surface area contributed by atoms with Gasteiger partial charge in [0, 0.05) is 49.4 Å². The minimum Gasteiger partial charge on any atom is -0.293 e. The van der Waals surface area contributed by atoms with Gasteiger partial charge >= 0.3 is 0 Å². The van der Waals surface area contributed by atoms with E-state index in [1.54, 1.807) is 0 Å². The van der Waals surface area contributed by atoms with Crippen LogP contribution >= 0.6 is 0 Å². The molecule has 25 heavy (non-hydrogen) atoms. The van der Waals surface area contributed by atoms with Crippen molar-refractivity contribution < 1.29 is 0 Å². The molecule has 0 unspecified atom stereocenters. The van der Waals surface area contributed by atoms with Crippen LogP contribution in [-0.2, 0) is 19.5 Å². The Balaban J connectivity index is 1.45. The third-order valence-corrected chi connectivity index (χ3v) is 4.50. The summed E-state index contributed by atoms with van der Waals surface area (Å²) in [5, 5.41) is 8.56. The van der Waals surface area contributed by atoms with Crippen molar-refractivity contribution in [2.45, 2.75) is 39.3 Å². The molecular formula is C19H22N6. The number of hydrogen-bond acceptors (Lipinski definition) is 5. The Labute approximate surface area is 147 Å². The molecule has 2 aromatic heterocycles. The summed E-state index contributed by atoms with van der Waals surface area (Å²) in [6.45, 7) is 6.91. The van der Waals surface area contributed by atoms with Gasteiger partial charge < -0.3 is 0 Å². The zero-order valence-corrected chi connectivity index (χ0v) is 14.6. The number of hydrogen-bond donors (Lipinski definition) is 0. The maximum absolute atomic E-state index is 4.73. The van der Waals surface area contributed by atoms with Crippen LogP contribution in [0.2, 0.25) is 0 Å². The molecular weight excluding hydrogens is 312 g/mol. The van der Waals surface area contributed by atoms with Crippen molar-refractivity contribution in [3.8, 4) is 5.69 Å². The smallest absolute Gasteiger partial charge is 0.131 e. The summed E-state index contributed by atoms with van der Waals surface area (Å²) in [6.07, 6.45) is 4.96. The van der Waals surface area contributed by atoms with Gasteiger partial charge in [-0.25, -0.2) is 14.6 Å². The molecule has 1 aromatic carbocycles. The van der Waals surface area contributed by atoms with Crippen LogP contribution in [0.5, 0.6) is 0 Å². The average Bonchev–Trinajstić information content (AvgIpc) is 3.10. The average molecular weight is 334 g/mol. The second kappa shape index (κ2) is 6.72. The molecule has 6 nitrogen and oxygen atoms in total. The molecule has 0 radical (unpaired) electrons. The highest BCUT2D eigenvalue weighted by Crippen LogP contribution is 2.20. The molecule has 0 N–H and O–H groups in total. The Kier molecular flexibility index (Phi) is 4.28. The quantitative estimate of drug-likeness (QED) is 0.734. The molecule has 0 atom stereocenters. The molecule has 0 aliphatic carbocycles. The predicted octanol–water partition coefficient (Wildman–Crippen LogP) is 2.74. The van der Waals surface area contributed by atoms with Gasteiger partial charge in [-0.2, -0.15) is 0 Å². The van der Waals surface area contributed by atoms with Crippen LogP contribution in [0.4, 0.5) is 0 Å². The normalized spacial score (nSPS) is 14.7. The molecule has 3 heterocycles. The SMILES string of the molecule is CC(C)c1ncc2c(n1)CCN(Cc1cn(-c3ccccc3)nn1)C2. The highest BCUT2D eigenvalue weighted by Gasteiger charge is 2.20. The van der Waals surface area contributed by atoms with Crippen molar-refractivity contribution >= 4 is 0 Å². The van der Waals surface area contributed by atoms with E-state index in [4.69, 9.17) is 4.98 Å². The van der Waals surface area contributed by atoms with E-state index in [0.29, 0.717) is 5.92 Å². The van der Waals surface area contributed by atoms with Crippen molar-refractivity contribution in [2.75, 3.05) is 6.54 Å². The van der Waals surface area contributed by atoms with Gasteiger partial charge in [-0.05, 0) is 12.1 Å². The number of para-hydroxylation sites is 1. The van der Waals surface area contributed by atoms with Crippen molar-refractivity contribution in [3.05, 3.63) is 65.5 Å². The first kappa shape index (κ1) is 15.9. The van der Waals surface area contributed by atoms with E-state index in [1.807, 2.05) is 47.4 Å². The molecule has 4 rings (SSSR count). The maximum Gasteiger partial charge on any atom is 0.131 e. The van der Waals surface area contributed by atoms with Gasteiger partial charge in [0.25, 0.3) is 0 Å². The van der Waals surface area contributed by atoms with Crippen LogP contribution in [0.1, 0.15) is 42.5 Å². The van der Waals surface area contributed by atoms with Crippen molar-refractivity contribution in [1.29, 1.82) is 0 Å². The highest BCUT2D eigenvalue weighted by molar-refractivity contribution is 5.30. The van der Waals surface area contributed by atoms with Crippen LogP contribution in [0.3, 0.4) is 0 Å². The van der Waals surface area contributed by atoms with Gasteiger partial charge in [0.2, 0.25) is 0 Å². The summed E-state index contributed by atoms with van der Waals surface area (Å²) in [4.78, 5) is 11.6. The van der Waals surface area contributed by atoms with E-state index >= 15 is 0 Å². The van der Waals surface area contributed by atoms with Crippen LogP contribution in [-0.4, -0.2) is 36.4 Å². The summed E-state index contributed by atoms with van der Waals surface area (Å²) in [6, 6.07) is 10.1. The summed E-state index contributed by atoms with van der Waals surface area (Å²) in [5.41, 5.74) is 4.43. The lowest BCUT2D eigenvalue weighted by atomic mass is 10.1. The molecule has 0 saturated heterocycles. The lowest BCUT2D eigenvalue weighted by molar-refractivity contribution is 0.239. The Morgan fingerprint density at radius 3 is 2.80 bits per heavy atom. The predicted molar refractivity (Wildman–Crippen MR) is 95.3 cm³/mol.